The molecule has 0 radical (unpaired) electrons. The van der Waals surface area contributed by atoms with Gasteiger partial charge in [-0.3, -0.25) is 4.90 Å². The number of aryl methyl sites for hydroxylation is 1. The molecule has 2 aliphatic rings. The molecule has 112 valence electrons. The maximum atomic E-state index is 5.85. The van der Waals surface area contributed by atoms with Crippen molar-refractivity contribution in [1.82, 2.24) is 24.6 Å². The third kappa shape index (κ3) is 2.73. The van der Waals surface area contributed by atoms with Gasteiger partial charge in [0.15, 0.2) is 0 Å². The first kappa shape index (κ1) is 13.4. The highest BCUT2D eigenvalue weighted by atomic mass is 32.1. The van der Waals surface area contributed by atoms with Gasteiger partial charge in [-0.1, -0.05) is 0 Å². The summed E-state index contributed by atoms with van der Waals surface area (Å²) in [5, 5.41) is 11.7. The molecule has 1 unspecified atom stereocenters. The Morgan fingerprint density at radius 3 is 3.05 bits per heavy atom. The molecule has 21 heavy (non-hydrogen) atoms. The molecule has 6 nitrogen and oxygen atoms in total. The van der Waals surface area contributed by atoms with Gasteiger partial charge in [0.2, 0.25) is 0 Å². The summed E-state index contributed by atoms with van der Waals surface area (Å²) in [5.74, 6) is 2.13. The molecule has 1 atom stereocenters. The molecule has 1 aliphatic heterocycles. The molecule has 4 rings (SSSR count). The van der Waals surface area contributed by atoms with Gasteiger partial charge in [0.1, 0.15) is 22.8 Å². The topological polar surface area (TPSA) is 56.1 Å². The van der Waals surface area contributed by atoms with Crippen molar-refractivity contribution in [1.29, 1.82) is 0 Å². The Balaban J connectivity index is 1.47. The van der Waals surface area contributed by atoms with Crippen LogP contribution in [0.1, 0.15) is 41.6 Å². The number of aromatic nitrogens is 4. The summed E-state index contributed by atoms with van der Waals surface area (Å²) in [6, 6.07) is 0.630. The molecular weight excluding hydrogens is 286 g/mol. The summed E-state index contributed by atoms with van der Waals surface area (Å²) in [5.41, 5.74) is 0. The first-order chi connectivity index (χ1) is 10.3. The van der Waals surface area contributed by atoms with Crippen molar-refractivity contribution < 1.29 is 4.74 Å². The summed E-state index contributed by atoms with van der Waals surface area (Å²) >= 11 is 1.66. The molecule has 0 bridgehead atoms. The van der Waals surface area contributed by atoms with Gasteiger partial charge >= 0.3 is 0 Å². The molecule has 2 fully saturated rings. The average Bonchev–Trinajstić information content (AvgIpc) is 3.04. The average molecular weight is 305 g/mol. The molecule has 0 aromatic carbocycles. The minimum Gasteiger partial charge on any atom is -0.368 e. The van der Waals surface area contributed by atoms with Gasteiger partial charge < -0.3 is 9.30 Å². The van der Waals surface area contributed by atoms with Crippen molar-refractivity contribution in [3.05, 3.63) is 28.2 Å². The van der Waals surface area contributed by atoms with Gasteiger partial charge in [-0.25, -0.2) is 4.98 Å². The number of hydrogen-bond donors (Lipinski definition) is 0. The lowest BCUT2D eigenvalue weighted by molar-refractivity contribution is -0.0340. The second-order valence-electron chi connectivity index (χ2n) is 5.73. The van der Waals surface area contributed by atoms with Gasteiger partial charge in [0.25, 0.3) is 0 Å². The lowest BCUT2D eigenvalue weighted by Crippen LogP contribution is -2.38. The zero-order chi connectivity index (χ0) is 14.2. The number of ether oxygens (including phenoxy) is 1. The van der Waals surface area contributed by atoms with E-state index in [0.29, 0.717) is 6.04 Å². The molecular formula is C14H19N5OS. The lowest BCUT2D eigenvalue weighted by Gasteiger charge is -2.31. The van der Waals surface area contributed by atoms with E-state index in [1.54, 1.807) is 11.3 Å². The summed E-state index contributed by atoms with van der Waals surface area (Å²) < 4.78 is 8.16. The number of rotatable bonds is 4. The third-order valence-electron chi connectivity index (χ3n) is 4.09. The Morgan fingerprint density at radius 2 is 2.29 bits per heavy atom. The minimum absolute atomic E-state index is 0.0946. The molecule has 1 saturated heterocycles. The SMILES string of the molecule is Cc1nnc(CN2CCOC(c3nccs3)C2)n1C1CC1. The summed E-state index contributed by atoms with van der Waals surface area (Å²) in [6.45, 7) is 5.47. The van der Waals surface area contributed by atoms with E-state index in [1.165, 1.54) is 12.8 Å². The maximum absolute atomic E-state index is 5.85. The van der Waals surface area contributed by atoms with Crippen LogP contribution < -0.4 is 0 Å². The van der Waals surface area contributed by atoms with Crippen molar-refractivity contribution in [3.8, 4) is 0 Å². The van der Waals surface area contributed by atoms with Crippen molar-refractivity contribution >= 4 is 11.3 Å². The molecule has 7 heteroatoms. The Hall–Kier alpha value is -1.31. The zero-order valence-electron chi connectivity index (χ0n) is 12.1. The van der Waals surface area contributed by atoms with Gasteiger partial charge in [0, 0.05) is 30.7 Å². The van der Waals surface area contributed by atoms with Crippen molar-refractivity contribution in [2.75, 3.05) is 19.7 Å². The Kier molecular flexibility index (Phi) is 3.48. The fraction of sp³-hybridized carbons (Fsp3) is 0.643. The van der Waals surface area contributed by atoms with Crippen LogP contribution in [0.4, 0.5) is 0 Å². The summed E-state index contributed by atoms with van der Waals surface area (Å²) in [6.07, 6.45) is 4.46. The van der Waals surface area contributed by atoms with Crippen LogP contribution in [0.25, 0.3) is 0 Å². The highest BCUT2D eigenvalue weighted by molar-refractivity contribution is 7.09. The van der Waals surface area contributed by atoms with E-state index >= 15 is 0 Å². The van der Waals surface area contributed by atoms with Crippen LogP contribution in [-0.4, -0.2) is 44.3 Å². The second kappa shape index (κ2) is 5.47. The summed E-state index contributed by atoms with van der Waals surface area (Å²) in [4.78, 5) is 6.78. The van der Waals surface area contributed by atoms with E-state index in [2.05, 4.69) is 24.6 Å². The van der Waals surface area contributed by atoms with Crippen molar-refractivity contribution in [2.45, 2.75) is 38.5 Å². The molecule has 2 aromatic heterocycles. The van der Waals surface area contributed by atoms with Crippen LogP contribution in [-0.2, 0) is 11.3 Å². The third-order valence-corrected chi connectivity index (χ3v) is 4.96. The number of thiazole rings is 1. The largest absolute Gasteiger partial charge is 0.368 e. The fourth-order valence-electron chi connectivity index (χ4n) is 2.92. The van der Waals surface area contributed by atoms with E-state index in [4.69, 9.17) is 4.74 Å². The van der Waals surface area contributed by atoms with Crippen LogP contribution in [0.5, 0.6) is 0 Å². The molecule has 0 N–H and O–H groups in total. The maximum Gasteiger partial charge on any atom is 0.147 e. The van der Waals surface area contributed by atoms with E-state index in [0.717, 1.165) is 42.9 Å². The quantitative estimate of drug-likeness (QED) is 0.864. The first-order valence-corrected chi connectivity index (χ1v) is 8.33. The van der Waals surface area contributed by atoms with Crippen molar-refractivity contribution in [2.24, 2.45) is 0 Å². The Labute approximate surface area is 127 Å². The molecule has 2 aromatic rings. The number of morpholine rings is 1. The highest BCUT2D eigenvalue weighted by Crippen LogP contribution is 2.36. The predicted molar refractivity (Wildman–Crippen MR) is 79.1 cm³/mol. The second-order valence-corrected chi connectivity index (χ2v) is 6.66. The van der Waals surface area contributed by atoms with Crippen LogP contribution in [0.2, 0.25) is 0 Å². The van der Waals surface area contributed by atoms with Crippen LogP contribution in [0, 0.1) is 6.92 Å². The first-order valence-electron chi connectivity index (χ1n) is 7.45. The van der Waals surface area contributed by atoms with E-state index in [-0.39, 0.29) is 6.10 Å². The Morgan fingerprint density at radius 1 is 1.38 bits per heavy atom. The van der Waals surface area contributed by atoms with E-state index < -0.39 is 0 Å². The van der Waals surface area contributed by atoms with Crippen LogP contribution in [0.3, 0.4) is 0 Å². The van der Waals surface area contributed by atoms with Crippen LogP contribution in [0.15, 0.2) is 11.6 Å². The molecule has 0 amide bonds. The number of hydrogen-bond acceptors (Lipinski definition) is 6. The predicted octanol–water partition coefficient (Wildman–Crippen LogP) is 1.95. The molecule has 1 saturated carbocycles. The molecule has 1 aliphatic carbocycles. The fourth-order valence-corrected chi connectivity index (χ4v) is 3.59. The van der Waals surface area contributed by atoms with E-state index in [9.17, 15) is 0 Å². The van der Waals surface area contributed by atoms with Gasteiger partial charge in [0.05, 0.1) is 13.2 Å². The van der Waals surface area contributed by atoms with Gasteiger partial charge in [-0.15, -0.1) is 21.5 Å². The number of nitrogens with zero attached hydrogens (tertiary/aromatic N) is 5. The monoisotopic (exact) mass is 305 g/mol. The highest BCUT2D eigenvalue weighted by Gasteiger charge is 2.30. The molecule has 3 heterocycles. The van der Waals surface area contributed by atoms with Gasteiger partial charge in [-0.05, 0) is 19.8 Å². The van der Waals surface area contributed by atoms with E-state index in [1.807, 2.05) is 18.5 Å². The normalized spacial score (nSPS) is 23.6. The minimum atomic E-state index is 0.0946. The lowest BCUT2D eigenvalue weighted by atomic mass is 10.2. The smallest absolute Gasteiger partial charge is 0.147 e. The zero-order valence-corrected chi connectivity index (χ0v) is 12.9. The van der Waals surface area contributed by atoms with Gasteiger partial charge in [-0.2, -0.15) is 0 Å². The Bertz CT molecular complexity index is 607. The molecule has 0 spiro atoms. The standard InChI is InChI=1S/C14H19N5OS/c1-10-16-17-13(19(10)11-2-3-11)9-18-5-6-20-12(8-18)14-15-4-7-21-14/h4,7,11-12H,2-3,5-6,8-9H2,1H3. The summed E-state index contributed by atoms with van der Waals surface area (Å²) in [7, 11) is 0. The van der Waals surface area contributed by atoms with Crippen LogP contribution >= 0.6 is 11.3 Å². The van der Waals surface area contributed by atoms with Crippen molar-refractivity contribution in [3.63, 3.8) is 0 Å².